The third-order valence-corrected chi connectivity index (χ3v) is 5.68. The molecule has 2 heterocycles. The van der Waals surface area contributed by atoms with Gasteiger partial charge < -0.3 is 10.0 Å². The Morgan fingerprint density at radius 2 is 1.89 bits per heavy atom. The highest BCUT2D eigenvalue weighted by atomic mass is 32.1. The largest absolute Gasteiger partial charge is 0.510 e. The van der Waals surface area contributed by atoms with E-state index in [0.717, 1.165) is 17.7 Å². The van der Waals surface area contributed by atoms with Crippen molar-refractivity contribution in [1.82, 2.24) is 9.88 Å². The summed E-state index contributed by atoms with van der Waals surface area (Å²) in [7, 11) is 0. The lowest BCUT2D eigenvalue weighted by Gasteiger charge is -2.26. The van der Waals surface area contributed by atoms with Crippen LogP contribution in [0.5, 0.6) is 0 Å². The number of benzene rings is 2. The standard InChI is InChI=1S/C21H17F2N3OS/c1-12(13-5-3-2-4-6-13)26-10-18(27)19(20(26)24)21-25-17(11-28-21)14-7-8-15(22)16(23)9-14/h2-9,11-12,24,27H,10H2,1H3. The van der Waals surface area contributed by atoms with Gasteiger partial charge in [0.1, 0.15) is 16.6 Å². The van der Waals surface area contributed by atoms with Crippen LogP contribution in [0.3, 0.4) is 0 Å². The third kappa shape index (κ3) is 3.18. The molecule has 1 aliphatic rings. The van der Waals surface area contributed by atoms with Gasteiger partial charge in [0.05, 0.1) is 23.9 Å². The topological polar surface area (TPSA) is 60.2 Å². The van der Waals surface area contributed by atoms with E-state index in [1.54, 1.807) is 10.3 Å². The summed E-state index contributed by atoms with van der Waals surface area (Å²) in [6.07, 6.45) is 0. The van der Waals surface area contributed by atoms with Crippen LogP contribution in [-0.4, -0.2) is 27.4 Å². The summed E-state index contributed by atoms with van der Waals surface area (Å²) in [5.41, 5.74) is 2.34. The molecule has 4 nitrogen and oxygen atoms in total. The molecule has 1 aliphatic heterocycles. The van der Waals surface area contributed by atoms with E-state index in [-0.39, 0.29) is 24.2 Å². The van der Waals surface area contributed by atoms with Crippen molar-refractivity contribution in [3.63, 3.8) is 0 Å². The van der Waals surface area contributed by atoms with E-state index in [9.17, 15) is 13.9 Å². The Morgan fingerprint density at radius 1 is 1.14 bits per heavy atom. The Labute approximate surface area is 164 Å². The number of rotatable bonds is 4. The number of aromatic nitrogens is 1. The highest BCUT2D eigenvalue weighted by Crippen LogP contribution is 2.36. The van der Waals surface area contributed by atoms with Crippen molar-refractivity contribution in [1.29, 1.82) is 5.41 Å². The molecule has 2 N–H and O–H groups in total. The molecule has 3 aromatic rings. The number of halogens is 2. The first-order chi connectivity index (χ1) is 13.5. The van der Waals surface area contributed by atoms with Crippen molar-refractivity contribution in [2.75, 3.05) is 6.54 Å². The summed E-state index contributed by atoms with van der Waals surface area (Å²) < 4.78 is 26.7. The van der Waals surface area contributed by atoms with Gasteiger partial charge >= 0.3 is 0 Å². The first kappa shape index (κ1) is 18.3. The van der Waals surface area contributed by atoms with Gasteiger partial charge in [-0.15, -0.1) is 11.3 Å². The molecule has 0 spiro atoms. The van der Waals surface area contributed by atoms with Gasteiger partial charge in [0.2, 0.25) is 0 Å². The lowest BCUT2D eigenvalue weighted by atomic mass is 10.1. The van der Waals surface area contributed by atoms with Gasteiger partial charge in [-0.1, -0.05) is 30.3 Å². The smallest absolute Gasteiger partial charge is 0.159 e. The fraction of sp³-hybridized carbons (Fsp3) is 0.143. The third-order valence-electron chi connectivity index (χ3n) is 4.82. The highest BCUT2D eigenvalue weighted by molar-refractivity contribution is 7.11. The first-order valence-corrected chi connectivity index (χ1v) is 9.57. The number of amidine groups is 1. The summed E-state index contributed by atoms with van der Waals surface area (Å²) in [4.78, 5) is 6.25. The molecule has 0 aliphatic carbocycles. The van der Waals surface area contributed by atoms with E-state index in [4.69, 9.17) is 5.41 Å². The Morgan fingerprint density at radius 3 is 2.61 bits per heavy atom. The molecule has 142 valence electrons. The van der Waals surface area contributed by atoms with Crippen LogP contribution in [0.1, 0.15) is 23.5 Å². The molecular formula is C21H17F2N3OS. The van der Waals surface area contributed by atoms with Crippen molar-refractivity contribution < 1.29 is 13.9 Å². The number of nitrogens with zero attached hydrogens (tertiary/aromatic N) is 2. The van der Waals surface area contributed by atoms with Crippen LogP contribution in [0.4, 0.5) is 8.78 Å². The molecule has 4 rings (SSSR count). The van der Waals surface area contributed by atoms with Crippen LogP contribution in [0.25, 0.3) is 16.8 Å². The van der Waals surface area contributed by atoms with Crippen LogP contribution >= 0.6 is 11.3 Å². The van der Waals surface area contributed by atoms with Gasteiger partial charge in [0.25, 0.3) is 0 Å². The van der Waals surface area contributed by atoms with E-state index in [0.29, 0.717) is 21.8 Å². The summed E-state index contributed by atoms with van der Waals surface area (Å²) in [5.74, 6) is -1.58. The zero-order chi connectivity index (χ0) is 19.8. The van der Waals surface area contributed by atoms with E-state index in [1.807, 2.05) is 37.3 Å². The Balaban J connectivity index is 1.61. The maximum Gasteiger partial charge on any atom is 0.159 e. The van der Waals surface area contributed by atoms with Crippen LogP contribution in [-0.2, 0) is 0 Å². The second-order valence-corrected chi connectivity index (χ2v) is 7.41. The van der Waals surface area contributed by atoms with Crippen molar-refractivity contribution in [2.45, 2.75) is 13.0 Å². The number of nitrogens with one attached hydrogen (secondary N) is 1. The van der Waals surface area contributed by atoms with E-state index in [1.165, 1.54) is 17.4 Å². The monoisotopic (exact) mass is 397 g/mol. The minimum atomic E-state index is -0.939. The average Bonchev–Trinajstić information content (AvgIpc) is 3.28. The van der Waals surface area contributed by atoms with Crippen LogP contribution in [0.15, 0.2) is 59.7 Å². The highest BCUT2D eigenvalue weighted by Gasteiger charge is 2.33. The molecular weight excluding hydrogens is 380 g/mol. The van der Waals surface area contributed by atoms with Crippen molar-refractivity contribution in [3.8, 4) is 11.3 Å². The zero-order valence-corrected chi connectivity index (χ0v) is 15.8. The molecule has 0 radical (unpaired) electrons. The summed E-state index contributed by atoms with van der Waals surface area (Å²) in [5, 5.41) is 21.2. The molecule has 0 saturated carbocycles. The van der Waals surface area contributed by atoms with Gasteiger partial charge in [0.15, 0.2) is 11.6 Å². The zero-order valence-electron chi connectivity index (χ0n) is 15.0. The molecule has 1 atom stereocenters. The lowest BCUT2D eigenvalue weighted by Crippen LogP contribution is -2.29. The molecule has 0 bridgehead atoms. The number of thiazole rings is 1. The van der Waals surface area contributed by atoms with E-state index < -0.39 is 11.6 Å². The number of aliphatic hydroxyl groups excluding tert-OH is 1. The molecule has 28 heavy (non-hydrogen) atoms. The molecule has 0 fully saturated rings. The molecule has 2 aromatic carbocycles. The average molecular weight is 397 g/mol. The fourth-order valence-corrected chi connectivity index (χ4v) is 4.14. The predicted molar refractivity (Wildman–Crippen MR) is 106 cm³/mol. The predicted octanol–water partition coefficient (Wildman–Crippen LogP) is 5.41. The molecule has 0 amide bonds. The van der Waals surface area contributed by atoms with Crippen LogP contribution < -0.4 is 0 Å². The number of hydrogen-bond acceptors (Lipinski definition) is 4. The first-order valence-electron chi connectivity index (χ1n) is 8.69. The van der Waals surface area contributed by atoms with Crippen molar-refractivity contribution in [2.24, 2.45) is 0 Å². The van der Waals surface area contributed by atoms with E-state index >= 15 is 0 Å². The maximum absolute atomic E-state index is 13.5. The Hall–Kier alpha value is -3.06. The van der Waals surface area contributed by atoms with Crippen LogP contribution in [0, 0.1) is 17.0 Å². The van der Waals surface area contributed by atoms with Gasteiger partial charge in [0, 0.05) is 10.9 Å². The second kappa shape index (κ2) is 7.16. The minimum Gasteiger partial charge on any atom is -0.510 e. The van der Waals surface area contributed by atoms with Crippen molar-refractivity contribution >= 4 is 22.7 Å². The lowest BCUT2D eigenvalue weighted by molar-refractivity contribution is 0.310. The quantitative estimate of drug-likeness (QED) is 0.619. The maximum atomic E-state index is 13.5. The summed E-state index contributed by atoms with van der Waals surface area (Å²) in [6.45, 7) is 2.21. The summed E-state index contributed by atoms with van der Waals surface area (Å²) in [6, 6.07) is 13.3. The normalized spacial score (nSPS) is 15.4. The van der Waals surface area contributed by atoms with E-state index in [2.05, 4.69) is 4.98 Å². The van der Waals surface area contributed by atoms with Gasteiger partial charge in [-0.3, -0.25) is 5.41 Å². The van der Waals surface area contributed by atoms with Crippen molar-refractivity contribution in [3.05, 3.63) is 81.9 Å². The SMILES string of the molecule is CC(c1ccccc1)N1CC(O)=C(c2nc(-c3ccc(F)c(F)c3)cs2)C1=N. The number of hydrogen-bond donors (Lipinski definition) is 2. The molecule has 1 unspecified atom stereocenters. The fourth-order valence-electron chi connectivity index (χ4n) is 3.24. The summed E-state index contributed by atoms with van der Waals surface area (Å²) >= 11 is 1.26. The van der Waals surface area contributed by atoms with Gasteiger partial charge in [-0.2, -0.15) is 0 Å². The van der Waals surface area contributed by atoms with Gasteiger partial charge in [-0.05, 0) is 30.7 Å². The van der Waals surface area contributed by atoms with Crippen LogP contribution in [0.2, 0.25) is 0 Å². The Kier molecular flexibility index (Phi) is 4.68. The minimum absolute atomic E-state index is 0.0824. The second-order valence-electron chi connectivity index (χ2n) is 6.55. The molecule has 7 heteroatoms. The number of aliphatic hydroxyl groups is 1. The Bertz CT molecular complexity index is 1080. The molecule has 1 aromatic heterocycles. The van der Waals surface area contributed by atoms with Gasteiger partial charge in [-0.25, -0.2) is 13.8 Å². The molecule has 0 saturated heterocycles.